The van der Waals surface area contributed by atoms with Crippen molar-refractivity contribution in [2.45, 2.75) is 114 Å². The SMILES string of the molecule is O=[N+]([O-])c1ccc(C(B(C2CCCCC2)C2CCCCC2)C2CCCCC2)cc1. The van der Waals surface area contributed by atoms with E-state index in [9.17, 15) is 10.1 Å². The number of benzene rings is 1. The lowest BCUT2D eigenvalue weighted by molar-refractivity contribution is -0.384. The first-order valence-electron chi connectivity index (χ1n) is 12.5. The normalized spacial score (nSPS) is 23.6. The molecule has 4 heteroatoms. The molecule has 4 rings (SSSR count). The fraction of sp³-hybridized carbons (Fsp3) is 0.760. The smallest absolute Gasteiger partial charge is 0.258 e. The van der Waals surface area contributed by atoms with Crippen molar-refractivity contribution in [3.05, 3.63) is 39.9 Å². The summed E-state index contributed by atoms with van der Waals surface area (Å²) in [5.41, 5.74) is 1.65. The monoisotopic (exact) mass is 395 g/mol. The van der Waals surface area contributed by atoms with Crippen molar-refractivity contribution in [2.75, 3.05) is 0 Å². The van der Waals surface area contributed by atoms with Crippen LogP contribution in [0, 0.1) is 16.0 Å². The third-order valence-electron chi connectivity index (χ3n) is 8.45. The van der Waals surface area contributed by atoms with Crippen LogP contribution < -0.4 is 0 Å². The molecule has 0 spiro atoms. The number of hydrogen-bond donors (Lipinski definition) is 0. The third kappa shape index (κ3) is 5.06. The Bertz CT molecular complexity index is 625. The van der Waals surface area contributed by atoms with Crippen LogP contribution in [0.1, 0.15) is 108 Å². The minimum Gasteiger partial charge on any atom is -0.258 e. The topological polar surface area (TPSA) is 43.1 Å². The van der Waals surface area contributed by atoms with Crippen LogP contribution in [0.2, 0.25) is 11.6 Å². The van der Waals surface area contributed by atoms with Crippen molar-refractivity contribution < 1.29 is 4.92 Å². The standard InChI is InChI=1S/C25H38BNO2/c28-27(29)24-18-16-21(17-19-24)25(20-10-4-1-5-11-20)26(22-12-6-2-7-13-22)23-14-8-3-9-15-23/h16-20,22-23,25H,1-15H2. The Morgan fingerprint density at radius 2 is 1.17 bits per heavy atom. The molecule has 0 saturated heterocycles. The van der Waals surface area contributed by atoms with Crippen LogP contribution in [0.15, 0.2) is 24.3 Å². The average molecular weight is 395 g/mol. The van der Waals surface area contributed by atoms with E-state index in [0.29, 0.717) is 5.82 Å². The molecular weight excluding hydrogens is 357 g/mol. The number of nitro benzene ring substituents is 1. The molecule has 0 bridgehead atoms. The second kappa shape index (κ2) is 10.1. The van der Waals surface area contributed by atoms with Crippen molar-refractivity contribution in [1.82, 2.24) is 0 Å². The summed E-state index contributed by atoms with van der Waals surface area (Å²) in [5, 5.41) is 11.2. The Morgan fingerprint density at radius 1 is 0.724 bits per heavy atom. The van der Waals surface area contributed by atoms with Crippen molar-refractivity contribution in [2.24, 2.45) is 5.92 Å². The third-order valence-corrected chi connectivity index (χ3v) is 8.45. The lowest BCUT2D eigenvalue weighted by Crippen LogP contribution is -2.40. The van der Waals surface area contributed by atoms with Crippen LogP contribution in [-0.2, 0) is 0 Å². The molecule has 1 atom stereocenters. The number of non-ortho nitro benzene ring substituents is 1. The Morgan fingerprint density at radius 3 is 1.62 bits per heavy atom. The van der Waals surface area contributed by atoms with Crippen molar-refractivity contribution in [3.63, 3.8) is 0 Å². The molecular formula is C25H38BNO2. The molecule has 0 heterocycles. The second-order valence-electron chi connectivity index (χ2n) is 10.1. The van der Waals surface area contributed by atoms with Gasteiger partial charge in [0.25, 0.3) is 5.69 Å². The van der Waals surface area contributed by atoms with Gasteiger partial charge in [0, 0.05) is 12.1 Å². The van der Waals surface area contributed by atoms with Gasteiger partial charge in [0.2, 0.25) is 0 Å². The highest BCUT2D eigenvalue weighted by Gasteiger charge is 2.43. The number of nitro groups is 1. The predicted octanol–water partition coefficient (Wildman–Crippen LogP) is 7.96. The first kappa shape index (κ1) is 20.9. The molecule has 0 aromatic heterocycles. The van der Waals surface area contributed by atoms with Crippen molar-refractivity contribution in [1.29, 1.82) is 0 Å². The molecule has 3 aliphatic rings. The van der Waals surface area contributed by atoms with Crippen molar-refractivity contribution >= 4 is 12.4 Å². The van der Waals surface area contributed by atoms with E-state index in [-0.39, 0.29) is 10.6 Å². The zero-order chi connectivity index (χ0) is 20.1. The van der Waals surface area contributed by atoms with Crippen LogP contribution in [0.3, 0.4) is 0 Å². The minimum atomic E-state index is -0.251. The highest BCUT2D eigenvalue weighted by atomic mass is 16.6. The molecule has 3 fully saturated rings. The van der Waals surface area contributed by atoms with Crippen LogP contribution in [0.4, 0.5) is 5.69 Å². The van der Waals surface area contributed by atoms with Gasteiger partial charge < -0.3 is 0 Å². The summed E-state index contributed by atoms with van der Waals surface area (Å²) in [7, 11) is 0. The number of nitrogens with zero attached hydrogens (tertiary/aromatic N) is 1. The number of hydrogen-bond acceptors (Lipinski definition) is 2. The van der Waals surface area contributed by atoms with Crippen LogP contribution in [0.5, 0.6) is 0 Å². The first-order chi connectivity index (χ1) is 14.2. The summed E-state index contributed by atoms with van der Waals surface area (Å²) >= 11 is 0. The highest BCUT2D eigenvalue weighted by Crippen LogP contribution is 2.51. The molecule has 0 aliphatic heterocycles. The van der Waals surface area contributed by atoms with Crippen LogP contribution >= 0.6 is 0 Å². The van der Waals surface area contributed by atoms with Crippen LogP contribution in [0.25, 0.3) is 0 Å². The van der Waals surface area contributed by atoms with Gasteiger partial charge in [-0.05, 0) is 11.7 Å². The molecule has 1 aromatic rings. The summed E-state index contributed by atoms with van der Waals surface area (Å²) in [5.74, 6) is 3.13. The minimum absolute atomic E-state index is 0.239. The maximum absolute atomic E-state index is 11.2. The average Bonchev–Trinajstić information content (AvgIpc) is 2.79. The maximum Gasteiger partial charge on any atom is 0.269 e. The zero-order valence-electron chi connectivity index (χ0n) is 18.1. The van der Waals surface area contributed by atoms with Gasteiger partial charge in [-0.25, -0.2) is 0 Å². The van der Waals surface area contributed by atoms with Gasteiger partial charge >= 0.3 is 0 Å². The Kier molecular flexibility index (Phi) is 7.31. The van der Waals surface area contributed by atoms with Gasteiger partial charge in [0.05, 0.1) is 4.92 Å². The van der Waals surface area contributed by atoms with Crippen molar-refractivity contribution in [3.8, 4) is 0 Å². The molecule has 1 aromatic carbocycles. The van der Waals surface area contributed by atoms with E-state index in [1.807, 2.05) is 0 Å². The Labute approximate surface area is 177 Å². The zero-order valence-corrected chi connectivity index (χ0v) is 18.1. The lowest BCUT2D eigenvalue weighted by Gasteiger charge is -2.44. The molecule has 3 aliphatic carbocycles. The van der Waals surface area contributed by atoms with Gasteiger partial charge in [0.1, 0.15) is 0 Å². The molecule has 0 radical (unpaired) electrons. The van der Waals surface area contributed by atoms with Gasteiger partial charge in [-0.1, -0.05) is 126 Å². The first-order valence-corrected chi connectivity index (χ1v) is 12.5. The molecule has 3 nitrogen and oxygen atoms in total. The molecule has 3 saturated carbocycles. The van der Waals surface area contributed by atoms with Gasteiger partial charge in [-0.3, -0.25) is 10.1 Å². The van der Waals surface area contributed by atoms with E-state index in [2.05, 4.69) is 12.1 Å². The van der Waals surface area contributed by atoms with E-state index in [1.54, 1.807) is 12.1 Å². The number of rotatable bonds is 6. The summed E-state index contributed by atoms with van der Waals surface area (Å²) in [4.78, 5) is 11.0. The Balaban J connectivity index is 1.69. The largest absolute Gasteiger partial charge is 0.269 e. The lowest BCUT2D eigenvalue weighted by atomic mass is 9.22. The summed E-state index contributed by atoms with van der Waals surface area (Å²) in [6.07, 6.45) is 21.0. The quantitative estimate of drug-likeness (QED) is 0.278. The molecule has 0 amide bonds. The summed E-state index contributed by atoms with van der Waals surface area (Å²) in [6.45, 7) is 0.792. The van der Waals surface area contributed by atoms with E-state index in [1.165, 1.54) is 102 Å². The van der Waals surface area contributed by atoms with Gasteiger partial charge in [0.15, 0.2) is 6.71 Å². The maximum atomic E-state index is 11.2. The van der Waals surface area contributed by atoms with E-state index < -0.39 is 0 Å². The van der Waals surface area contributed by atoms with E-state index >= 15 is 0 Å². The fourth-order valence-electron chi connectivity index (χ4n) is 7.13. The van der Waals surface area contributed by atoms with Crippen LogP contribution in [-0.4, -0.2) is 11.6 Å². The second-order valence-corrected chi connectivity index (χ2v) is 10.1. The summed E-state index contributed by atoms with van der Waals surface area (Å²) < 4.78 is 0. The van der Waals surface area contributed by atoms with E-state index in [0.717, 1.165) is 24.3 Å². The Hall–Kier alpha value is -1.32. The summed E-state index contributed by atoms with van der Waals surface area (Å²) in [6, 6.07) is 7.78. The fourth-order valence-corrected chi connectivity index (χ4v) is 7.13. The van der Waals surface area contributed by atoms with Gasteiger partial charge in [-0.15, -0.1) is 0 Å². The molecule has 158 valence electrons. The molecule has 0 N–H and O–H groups in total. The molecule has 1 unspecified atom stereocenters. The molecule has 29 heavy (non-hydrogen) atoms. The van der Waals surface area contributed by atoms with E-state index in [4.69, 9.17) is 0 Å². The highest BCUT2D eigenvalue weighted by molar-refractivity contribution is 6.64. The van der Waals surface area contributed by atoms with Gasteiger partial charge in [-0.2, -0.15) is 0 Å². The predicted molar refractivity (Wildman–Crippen MR) is 122 cm³/mol.